The summed E-state index contributed by atoms with van der Waals surface area (Å²) in [6.45, 7) is 7.68. The summed E-state index contributed by atoms with van der Waals surface area (Å²) in [6, 6.07) is -0.0494. The van der Waals surface area contributed by atoms with Crippen LogP contribution in [0.3, 0.4) is 0 Å². The molecule has 1 unspecified atom stereocenters. The lowest BCUT2D eigenvalue weighted by molar-refractivity contribution is -0.135. The molecule has 21 heavy (non-hydrogen) atoms. The average molecular weight is 315 g/mol. The Morgan fingerprint density at radius 3 is 2.86 bits per heavy atom. The molecule has 6 heteroatoms. The molecule has 1 aliphatic heterocycles. The van der Waals surface area contributed by atoms with Crippen molar-refractivity contribution in [1.29, 1.82) is 0 Å². The molecule has 0 aromatic carbocycles. The standard InChI is InChI=1S/C15H26N4O.ClH/c1-4-13-17-7-9-19(13)12-6-5-8-18(10-12)15(20)14(16)11(2)3;/h7,9,11-12,14H,4-6,8,10,16H2,1-3H3;1H/t12?,14-;/m0./s1. The van der Waals surface area contributed by atoms with E-state index in [4.69, 9.17) is 5.73 Å². The number of carbonyl (C=O) groups excluding carboxylic acids is 1. The van der Waals surface area contributed by atoms with E-state index < -0.39 is 0 Å². The smallest absolute Gasteiger partial charge is 0.239 e. The molecule has 1 saturated heterocycles. The third-order valence-electron chi connectivity index (χ3n) is 4.17. The van der Waals surface area contributed by atoms with E-state index >= 15 is 0 Å². The zero-order valence-corrected chi connectivity index (χ0v) is 14.0. The largest absolute Gasteiger partial charge is 0.339 e. The van der Waals surface area contributed by atoms with Gasteiger partial charge in [0, 0.05) is 31.9 Å². The summed E-state index contributed by atoms with van der Waals surface area (Å²) in [6.07, 6.45) is 6.93. The normalized spacial score (nSPS) is 20.2. The van der Waals surface area contributed by atoms with E-state index in [0.717, 1.165) is 38.2 Å². The molecule has 120 valence electrons. The minimum Gasteiger partial charge on any atom is -0.339 e. The second-order valence-electron chi connectivity index (χ2n) is 5.95. The highest BCUT2D eigenvalue weighted by Crippen LogP contribution is 2.23. The maximum Gasteiger partial charge on any atom is 0.239 e. The Morgan fingerprint density at radius 1 is 1.52 bits per heavy atom. The van der Waals surface area contributed by atoms with Crippen LogP contribution in [-0.2, 0) is 11.2 Å². The first-order valence-electron chi connectivity index (χ1n) is 7.60. The van der Waals surface area contributed by atoms with Crippen LogP contribution in [-0.4, -0.2) is 39.5 Å². The van der Waals surface area contributed by atoms with Crippen LogP contribution in [0, 0.1) is 5.92 Å². The Kier molecular flexibility index (Phi) is 6.68. The Bertz CT molecular complexity index is 460. The Labute approximate surface area is 133 Å². The molecule has 0 bridgehead atoms. The molecule has 1 fully saturated rings. The number of aromatic nitrogens is 2. The minimum atomic E-state index is -0.387. The van der Waals surface area contributed by atoms with Crippen molar-refractivity contribution in [2.24, 2.45) is 11.7 Å². The van der Waals surface area contributed by atoms with Crippen molar-refractivity contribution in [3.05, 3.63) is 18.2 Å². The quantitative estimate of drug-likeness (QED) is 0.924. The molecule has 1 aliphatic rings. The number of halogens is 1. The second-order valence-corrected chi connectivity index (χ2v) is 5.95. The highest BCUT2D eigenvalue weighted by atomic mass is 35.5. The van der Waals surface area contributed by atoms with Crippen LogP contribution in [0.5, 0.6) is 0 Å². The molecule has 1 aromatic rings. The number of amides is 1. The first kappa shape index (κ1) is 18.0. The van der Waals surface area contributed by atoms with Crippen LogP contribution < -0.4 is 5.73 Å². The average Bonchev–Trinajstić information content (AvgIpc) is 2.94. The van der Waals surface area contributed by atoms with Gasteiger partial charge in [-0.15, -0.1) is 12.4 Å². The molecule has 2 atom stereocenters. The van der Waals surface area contributed by atoms with Gasteiger partial charge in [0.05, 0.1) is 12.1 Å². The number of aryl methyl sites for hydroxylation is 1. The van der Waals surface area contributed by atoms with Crippen molar-refractivity contribution in [3.63, 3.8) is 0 Å². The zero-order valence-electron chi connectivity index (χ0n) is 13.2. The maximum absolute atomic E-state index is 12.4. The molecule has 1 amide bonds. The lowest BCUT2D eigenvalue weighted by atomic mass is 10.0. The van der Waals surface area contributed by atoms with Crippen molar-refractivity contribution < 1.29 is 4.79 Å². The fraction of sp³-hybridized carbons (Fsp3) is 0.733. The predicted octanol–water partition coefficient (Wildman–Crippen LogP) is 2.01. The number of nitrogens with zero attached hydrogens (tertiary/aromatic N) is 3. The molecule has 0 radical (unpaired) electrons. The minimum absolute atomic E-state index is 0. The van der Waals surface area contributed by atoms with Crippen LogP contribution in [0.2, 0.25) is 0 Å². The number of carbonyl (C=O) groups is 1. The van der Waals surface area contributed by atoms with E-state index in [2.05, 4.69) is 16.5 Å². The van der Waals surface area contributed by atoms with Gasteiger partial charge in [-0.05, 0) is 18.8 Å². The number of hydrogen-bond acceptors (Lipinski definition) is 3. The van der Waals surface area contributed by atoms with E-state index in [-0.39, 0.29) is 30.3 Å². The summed E-state index contributed by atoms with van der Waals surface area (Å²) in [5, 5.41) is 0. The van der Waals surface area contributed by atoms with Crippen LogP contribution >= 0.6 is 12.4 Å². The van der Waals surface area contributed by atoms with E-state index in [0.29, 0.717) is 6.04 Å². The number of rotatable bonds is 4. The Hall–Kier alpha value is -1.07. The third-order valence-corrected chi connectivity index (χ3v) is 4.17. The fourth-order valence-corrected chi connectivity index (χ4v) is 2.83. The molecular weight excluding hydrogens is 288 g/mol. The van der Waals surface area contributed by atoms with Crippen molar-refractivity contribution >= 4 is 18.3 Å². The number of imidazole rings is 1. The second kappa shape index (κ2) is 7.80. The zero-order chi connectivity index (χ0) is 14.7. The summed E-state index contributed by atoms with van der Waals surface area (Å²) in [5.41, 5.74) is 6.00. The SMILES string of the molecule is CCc1nccn1C1CCCN(C(=O)[C@@H](N)C(C)C)C1.Cl. The highest BCUT2D eigenvalue weighted by Gasteiger charge is 2.29. The molecule has 0 aliphatic carbocycles. The van der Waals surface area contributed by atoms with Gasteiger partial charge >= 0.3 is 0 Å². The topological polar surface area (TPSA) is 64.2 Å². The predicted molar refractivity (Wildman–Crippen MR) is 86.5 cm³/mol. The Morgan fingerprint density at radius 2 is 2.24 bits per heavy atom. The van der Waals surface area contributed by atoms with Gasteiger partial charge in [0.1, 0.15) is 5.82 Å². The third kappa shape index (κ3) is 3.98. The van der Waals surface area contributed by atoms with Gasteiger partial charge in [-0.3, -0.25) is 4.79 Å². The van der Waals surface area contributed by atoms with Crippen LogP contribution in [0.4, 0.5) is 0 Å². The molecular formula is C15H27ClN4O. The number of likely N-dealkylation sites (tertiary alicyclic amines) is 1. The van der Waals surface area contributed by atoms with E-state index in [1.54, 1.807) is 0 Å². The van der Waals surface area contributed by atoms with Gasteiger partial charge in [-0.1, -0.05) is 20.8 Å². The van der Waals surface area contributed by atoms with Gasteiger partial charge in [-0.2, -0.15) is 0 Å². The van der Waals surface area contributed by atoms with Crippen molar-refractivity contribution in [1.82, 2.24) is 14.5 Å². The van der Waals surface area contributed by atoms with Gasteiger partial charge in [0.15, 0.2) is 0 Å². The molecule has 5 nitrogen and oxygen atoms in total. The molecule has 2 heterocycles. The summed E-state index contributed by atoms with van der Waals surface area (Å²) in [7, 11) is 0. The summed E-state index contributed by atoms with van der Waals surface area (Å²) < 4.78 is 2.22. The van der Waals surface area contributed by atoms with Crippen molar-refractivity contribution in [2.75, 3.05) is 13.1 Å². The molecule has 0 saturated carbocycles. The summed E-state index contributed by atoms with van der Waals surface area (Å²) >= 11 is 0. The van der Waals surface area contributed by atoms with Gasteiger partial charge in [0.2, 0.25) is 5.91 Å². The number of nitrogens with two attached hydrogens (primary N) is 1. The van der Waals surface area contributed by atoms with Crippen LogP contribution in [0.25, 0.3) is 0 Å². The molecule has 0 spiro atoms. The van der Waals surface area contributed by atoms with Crippen molar-refractivity contribution in [3.8, 4) is 0 Å². The monoisotopic (exact) mass is 314 g/mol. The van der Waals surface area contributed by atoms with E-state index in [1.165, 1.54) is 0 Å². The lowest BCUT2D eigenvalue weighted by Gasteiger charge is -2.36. The van der Waals surface area contributed by atoms with Crippen molar-refractivity contribution in [2.45, 2.75) is 52.1 Å². The van der Waals surface area contributed by atoms with E-state index in [1.807, 2.05) is 31.1 Å². The first-order valence-corrected chi connectivity index (χ1v) is 7.60. The van der Waals surface area contributed by atoms with Gasteiger partial charge in [0.25, 0.3) is 0 Å². The summed E-state index contributed by atoms with van der Waals surface area (Å²) in [5.74, 6) is 1.36. The molecule has 2 rings (SSSR count). The maximum atomic E-state index is 12.4. The lowest BCUT2D eigenvalue weighted by Crippen LogP contribution is -2.50. The molecule has 1 aromatic heterocycles. The Balaban J connectivity index is 0.00000220. The van der Waals surface area contributed by atoms with E-state index in [9.17, 15) is 4.79 Å². The first-order chi connectivity index (χ1) is 9.54. The fourth-order valence-electron chi connectivity index (χ4n) is 2.83. The van der Waals surface area contributed by atoms with Crippen LogP contribution in [0.1, 0.15) is 45.5 Å². The number of hydrogen-bond donors (Lipinski definition) is 1. The molecule has 2 N–H and O–H groups in total. The highest BCUT2D eigenvalue weighted by molar-refractivity contribution is 5.85. The van der Waals surface area contributed by atoms with Gasteiger partial charge < -0.3 is 15.2 Å². The number of piperidine rings is 1. The van der Waals surface area contributed by atoms with Crippen LogP contribution in [0.15, 0.2) is 12.4 Å². The van der Waals surface area contributed by atoms with Gasteiger partial charge in [-0.25, -0.2) is 4.98 Å². The summed E-state index contributed by atoms with van der Waals surface area (Å²) in [4.78, 5) is 18.7.